The standard InChI is InChI=1S/C7H8N4O3/c8-4-1-9-3-11-6(4)7(14)10-2-5(12)13/h1,3H,2,8H2,(H,10,14)(H,12,13). The summed E-state index contributed by atoms with van der Waals surface area (Å²) in [4.78, 5) is 28.6. The number of carboxylic acids is 1. The summed E-state index contributed by atoms with van der Waals surface area (Å²) in [6.45, 7) is -0.470. The zero-order chi connectivity index (χ0) is 10.6. The fourth-order valence-corrected chi connectivity index (χ4v) is 0.770. The van der Waals surface area contributed by atoms with Crippen LogP contribution in [-0.4, -0.2) is 33.5 Å². The fourth-order valence-electron chi connectivity index (χ4n) is 0.770. The van der Waals surface area contributed by atoms with Crippen LogP contribution in [0, 0.1) is 0 Å². The number of hydrogen-bond donors (Lipinski definition) is 3. The van der Waals surface area contributed by atoms with E-state index in [-0.39, 0.29) is 11.4 Å². The fraction of sp³-hybridized carbons (Fsp3) is 0.143. The first kappa shape index (κ1) is 9.90. The Bertz CT molecular complexity index is 366. The molecule has 1 aromatic heterocycles. The van der Waals surface area contributed by atoms with Crippen molar-refractivity contribution in [2.75, 3.05) is 12.3 Å². The van der Waals surface area contributed by atoms with E-state index in [1.165, 1.54) is 6.20 Å². The Balaban J connectivity index is 2.70. The number of aromatic nitrogens is 2. The van der Waals surface area contributed by atoms with Crippen LogP contribution in [0.25, 0.3) is 0 Å². The number of carbonyl (C=O) groups is 2. The number of aliphatic carboxylic acids is 1. The van der Waals surface area contributed by atoms with Crippen molar-refractivity contribution in [3.8, 4) is 0 Å². The molecule has 0 unspecified atom stereocenters. The largest absolute Gasteiger partial charge is 0.480 e. The van der Waals surface area contributed by atoms with Gasteiger partial charge in [0.15, 0.2) is 5.69 Å². The van der Waals surface area contributed by atoms with E-state index in [0.29, 0.717) is 0 Å². The molecule has 74 valence electrons. The predicted molar refractivity (Wildman–Crippen MR) is 46.4 cm³/mol. The van der Waals surface area contributed by atoms with Crippen molar-refractivity contribution in [2.45, 2.75) is 0 Å². The van der Waals surface area contributed by atoms with Crippen LogP contribution in [0.1, 0.15) is 10.5 Å². The summed E-state index contributed by atoms with van der Waals surface area (Å²) in [5, 5.41) is 10.4. The van der Waals surface area contributed by atoms with Gasteiger partial charge in [-0.2, -0.15) is 0 Å². The molecule has 0 saturated heterocycles. The second kappa shape index (κ2) is 4.17. The van der Waals surface area contributed by atoms with Gasteiger partial charge in [0.05, 0.1) is 11.9 Å². The number of rotatable bonds is 3. The molecule has 14 heavy (non-hydrogen) atoms. The molecule has 0 aliphatic carbocycles. The molecule has 0 fully saturated rings. The number of amides is 1. The maximum Gasteiger partial charge on any atom is 0.322 e. The van der Waals surface area contributed by atoms with Crippen LogP contribution in [-0.2, 0) is 4.79 Å². The quantitative estimate of drug-likeness (QED) is 0.563. The Hall–Kier alpha value is -2.18. The molecular weight excluding hydrogens is 188 g/mol. The summed E-state index contributed by atoms with van der Waals surface area (Å²) < 4.78 is 0. The molecule has 4 N–H and O–H groups in total. The van der Waals surface area contributed by atoms with Gasteiger partial charge in [0.25, 0.3) is 5.91 Å². The highest BCUT2D eigenvalue weighted by Gasteiger charge is 2.11. The van der Waals surface area contributed by atoms with Gasteiger partial charge in [-0.25, -0.2) is 9.97 Å². The molecule has 1 rings (SSSR count). The minimum Gasteiger partial charge on any atom is -0.480 e. The van der Waals surface area contributed by atoms with E-state index < -0.39 is 18.4 Å². The summed E-state index contributed by atoms with van der Waals surface area (Å²) in [5.74, 6) is -1.77. The van der Waals surface area contributed by atoms with Crippen LogP contribution in [0.2, 0.25) is 0 Å². The molecule has 0 aromatic carbocycles. The number of carboxylic acid groups (broad SMARTS) is 1. The minimum atomic E-state index is -1.13. The van der Waals surface area contributed by atoms with Crippen LogP contribution < -0.4 is 11.1 Å². The molecule has 7 heteroatoms. The highest BCUT2D eigenvalue weighted by Crippen LogP contribution is 2.03. The van der Waals surface area contributed by atoms with Crippen LogP contribution in [0.3, 0.4) is 0 Å². The van der Waals surface area contributed by atoms with E-state index in [1.54, 1.807) is 0 Å². The van der Waals surface area contributed by atoms with E-state index in [2.05, 4.69) is 15.3 Å². The molecule has 0 spiro atoms. The van der Waals surface area contributed by atoms with Crippen molar-refractivity contribution < 1.29 is 14.7 Å². The van der Waals surface area contributed by atoms with E-state index in [1.807, 2.05) is 0 Å². The third kappa shape index (κ3) is 2.41. The van der Waals surface area contributed by atoms with Gasteiger partial charge in [-0.3, -0.25) is 9.59 Å². The molecule has 0 aliphatic rings. The predicted octanol–water partition coefficient (Wildman–Crippen LogP) is -1.13. The number of carbonyl (C=O) groups excluding carboxylic acids is 1. The molecule has 0 aliphatic heterocycles. The van der Waals surface area contributed by atoms with Crippen LogP contribution >= 0.6 is 0 Å². The third-order valence-electron chi connectivity index (χ3n) is 1.36. The highest BCUT2D eigenvalue weighted by atomic mass is 16.4. The van der Waals surface area contributed by atoms with Gasteiger partial charge < -0.3 is 16.2 Å². The average molecular weight is 196 g/mol. The van der Waals surface area contributed by atoms with E-state index in [0.717, 1.165) is 6.33 Å². The second-order valence-corrected chi connectivity index (χ2v) is 2.40. The first-order valence-corrected chi connectivity index (χ1v) is 3.66. The summed E-state index contributed by atoms with van der Waals surface area (Å²) in [5.41, 5.74) is 5.47. The Morgan fingerprint density at radius 3 is 2.86 bits per heavy atom. The van der Waals surface area contributed by atoms with Crippen LogP contribution in [0.5, 0.6) is 0 Å². The normalized spacial score (nSPS) is 9.43. The van der Waals surface area contributed by atoms with Crippen molar-refractivity contribution >= 4 is 17.6 Å². The lowest BCUT2D eigenvalue weighted by molar-refractivity contribution is -0.135. The van der Waals surface area contributed by atoms with Gasteiger partial charge >= 0.3 is 5.97 Å². The molecule has 1 amide bonds. The Morgan fingerprint density at radius 2 is 2.29 bits per heavy atom. The van der Waals surface area contributed by atoms with E-state index in [4.69, 9.17) is 10.8 Å². The zero-order valence-electron chi connectivity index (χ0n) is 7.10. The van der Waals surface area contributed by atoms with Gasteiger partial charge in [-0.05, 0) is 0 Å². The van der Waals surface area contributed by atoms with Gasteiger partial charge in [0.1, 0.15) is 12.9 Å². The zero-order valence-corrected chi connectivity index (χ0v) is 7.10. The number of hydrogen-bond acceptors (Lipinski definition) is 5. The molecule has 7 nitrogen and oxygen atoms in total. The maximum atomic E-state index is 11.2. The van der Waals surface area contributed by atoms with Crippen LogP contribution in [0.15, 0.2) is 12.5 Å². The maximum absolute atomic E-state index is 11.2. The average Bonchev–Trinajstić information content (AvgIpc) is 2.15. The Kier molecular flexibility index (Phi) is 2.95. The first-order valence-electron chi connectivity index (χ1n) is 3.66. The molecule has 0 bridgehead atoms. The van der Waals surface area contributed by atoms with Crippen LogP contribution in [0.4, 0.5) is 5.69 Å². The topological polar surface area (TPSA) is 118 Å². The Labute approximate surface area is 79.0 Å². The first-order chi connectivity index (χ1) is 6.61. The smallest absolute Gasteiger partial charge is 0.322 e. The summed E-state index contributed by atoms with van der Waals surface area (Å²) in [6.07, 6.45) is 2.43. The van der Waals surface area contributed by atoms with Crippen molar-refractivity contribution in [2.24, 2.45) is 0 Å². The van der Waals surface area contributed by atoms with Crippen molar-refractivity contribution in [3.63, 3.8) is 0 Å². The number of anilines is 1. The monoisotopic (exact) mass is 196 g/mol. The lowest BCUT2D eigenvalue weighted by atomic mass is 10.3. The van der Waals surface area contributed by atoms with E-state index >= 15 is 0 Å². The molecule has 0 saturated carbocycles. The molecule has 0 radical (unpaired) electrons. The molecular formula is C7H8N4O3. The molecule has 1 heterocycles. The van der Waals surface area contributed by atoms with E-state index in [9.17, 15) is 9.59 Å². The van der Waals surface area contributed by atoms with Gasteiger partial charge in [-0.1, -0.05) is 0 Å². The highest BCUT2D eigenvalue weighted by molar-refractivity contribution is 5.98. The lowest BCUT2D eigenvalue weighted by Gasteiger charge is -2.02. The Morgan fingerprint density at radius 1 is 1.57 bits per heavy atom. The summed E-state index contributed by atoms with van der Waals surface area (Å²) in [6, 6.07) is 0. The summed E-state index contributed by atoms with van der Waals surface area (Å²) in [7, 11) is 0. The number of nitrogen functional groups attached to an aromatic ring is 1. The number of nitrogens with zero attached hydrogens (tertiary/aromatic N) is 2. The number of nitrogens with two attached hydrogens (primary N) is 1. The lowest BCUT2D eigenvalue weighted by Crippen LogP contribution is -2.30. The van der Waals surface area contributed by atoms with Crippen molar-refractivity contribution in [1.29, 1.82) is 0 Å². The van der Waals surface area contributed by atoms with Crippen molar-refractivity contribution in [1.82, 2.24) is 15.3 Å². The van der Waals surface area contributed by atoms with Gasteiger partial charge in [0.2, 0.25) is 0 Å². The minimum absolute atomic E-state index is 0.0266. The third-order valence-corrected chi connectivity index (χ3v) is 1.36. The summed E-state index contributed by atoms with van der Waals surface area (Å²) >= 11 is 0. The molecule has 1 aromatic rings. The second-order valence-electron chi connectivity index (χ2n) is 2.40. The SMILES string of the molecule is Nc1cncnc1C(=O)NCC(=O)O. The molecule has 0 atom stereocenters. The number of nitrogens with one attached hydrogen (secondary N) is 1. The van der Waals surface area contributed by atoms with Gasteiger partial charge in [0, 0.05) is 0 Å². The van der Waals surface area contributed by atoms with Crippen molar-refractivity contribution in [3.05, 3.63) is 18.2 Å². The van der Waals surface area contributed by atoms with Gasteiger partial charge in [-0.15, -0.1) is 0 Å².